The number of nitrogens with one attached hydrogen (secondary N) is 1. The monoisotopic (exact) mass is 231 g/mol. The highest BCUT2D eigenvalue weighted by Crippen LogP contribution is 2.14. The molecule has 1 atom stereocenters. The van der Waals surface area contributed by atoms with Crippen LogP contribution in [0.5, 0.6) is 0 Å². The molecule has 1 aromatic rings. The number of carboxylic acid groups (broad SMARTS) is 1. The average molecular weight is 231 g/mol. The van der Waals surface area contributed by atoms with Crippen molar-refractivity contribution in [2.24, 2.45) is 5.92 Å². The van der Waals surface area contributed by atoms with E-state index in [1.807, 2.05) is 12.1 Å². The van der Waals surface area contributed by atoms with E-state index in [0.29, 0.717) is 11.5 Å². The van der Waals surface area contributed by atoms with Gasteiger partial charge in [-0.15, -0.1) is 0 Å². The predicted octanol–water partition coefficient (Wildman–Crippen LogP) is 2.40. The maximum absolute atomic E-state index is 10.7. The van der Waals surface area contributed by atoms with Gasteiger partial charge in [0.15, 0.2) is 0 Å². The smallest absolute Gasteiger partial charge is 0.335 e. The van der Waals surface area contributed by atoms with Crippen LogP contribution in [0, 0.1) is 5.92 Å². The molecule has 1 fully saturated rings. The molecule has 2 rings (SSSR count). The van der Waals surface area contributed by atoms with Crippen LogP contribution < -0.4 is 5.32 Å². The quantitative estimate of drug-likeness (QED) is 0.839. The number of carbonyl (C=O) groups is 1. The fraction of sp³-hybridized carbons (Fsp3) is 0.357. The molecule has 0 aromatic heterocycles. The van der Waals surface area contributed by atoms with Gasteiger partial charge in [0.25, 0.3) is 0 Å². The molecule has 1 saturated heterocycles. The van der Waals surface area contributed by atoms with E-state index in [1.54, 1.807) is 12.1 Å². The van der Waals surface area contributed by atoms with Gasteiger partial charge >= 0.3 is 5.97 Å². The first-order valence-corrected chi connectivity index (χ1v) is 5.98. The van der Waals surface area contributed by atoms with Crippen LogP contribution in [0.15, 0.2) is 30.3 Å². The number of rotatable bonds is 3. The van der Waals surface area contributed by atoms with E-state index in [1.165, 1.54) is 12.8 Å². The minimum Gasteiger partial charge on any atom is -0.478 e. The second-order valence-corrected chi connectivity index (χ2v) is 4.39. The minimum atomic E-state index is -0.878. The van der Waals surface area contributed by atoms with Gasteiger partial charge in [0.1, 0.15) is 0 Å². The molecule has 0 radical (unpaired) electrons. The lowest BCUT2D eigenvalue weighted by Gasteiger charge is -2.19. The molecule has 17 heavy (non-hydrogen) atoms. The van der Waals surface area contributed by atoms with Crippen LogP contribution in [0.25, 0.3) is 6.08 Å². The third-order valence-electron chi connectivity index (χ3n) is 3.05. The van der Waals surface area contributed by atoms with Crippen molar-refractivity contribution < 1.29 is 9.90 Å². The molecule has 1 aliphatic heterocycles. The lowest BCUT2D eigenvalue weighted by Crippen LogP contribution is -2.28. The molecular formula is C14H17NO2. The summed E-state index contributed by atoms with van der Waals surface area (Å²) in [5, 5.41) is 12.1. The Kier molecular flexibility index (Phi) is 3.94. The zero-order valence-corrected chi connectivity index (χ0v) is 9.73. The van der Waals surface area contributed by atoms with Crippen molar-refractivity contribution in [3.8, 4) is 0 Å². The minimum absolute atomic E-state index is 0.335. The summed E-state index contributed by atoms with van der Waals surface area (Å²) in [6.45, 7) is 2.17. The number of hydrogen-bond donors (Lipinski definition) is 2. The van der Waals surface area contributed by atoms with Crippen molar-refractivity contribution in [2.45, 2.75) is 12.8 Å². The normalized spacial score (nSPS) is 20.6. The summed E-state index contributed by atoms with van der Waals surface area (Å²) >= 11 is 0. The van der Waals surface area contributed by atoms with E-state index in [9.17, 15) is 4.79 Å². The van der Waals surface area contributed by atoms with Gasteiger partial charge < -0.3 is 10.4 Å². The van der Waals surface area contributed by atoms with Crippen LogP contribution in [-0.2, 0) is 0 Å². The van der Waals surface area contributed by atoms with Crippen molar-refractivity contribution in [3.63, 3.8) is 0 Å². The van der Waals surface area contributed by atoms with E-state index in [4.69, 9.17) is 5.11 Å². The van der Waals surface area contributed by atoms with E-state index in [0.717, 1.165) is 18.7 Å². The van der Waals surface area contributed by atoms with E-state index in [-0.39, 0.29) is 0 Å². The summed E-state index contributed by atoms with van der Waals surface area (Å²) in [6.07, 6.45) is 6.74. The van der Waals surface area contributed by atoms with Crippen molar-refractivity contribution in [1.82, 2.24) is 5.32 Å². The van der Waals surface area contributed by atoms with Gasteiger partial charge in [-0.2, -0.15) is 0 Å². The first kappa shape index (κ1) is 11.9. The Morgan fingerprint density at radius 2 is 2.12 bits per heavy atom. The van der Waals surface area contributed by atoms with Gasteiger partial charge in [-0.1, -0.05) is 24.3 Å². The van der Waals surface area contributed by atoms with Crippen LogP contribution >= 0.6 is 0 Å². The summed E-state index contributed by atoms with van der Waals surface area (Å²) < 4.78 is 0. The topological polar surface area (TPSA) is 49.3 Å². The molecular weight excluding hydrogens is 214 g/mol. The third kappa shape index (κ3) is 3.43. The summed E-state index contributed by atoms with van der Waals surface area (Å²) in [5.41, 5.74) is 1.39. The number of piperidine rings is 1. The standard InChI is InChI=1S/C14H17NO2/c16-14(17)13-7-5-11(6-8-13)3-4-12-2-1-9-15-10-12/h3-8,12,15H,1-2,9-10H2,(H,16,17)/b4-3+. The largest absolute Gasteiger partial charge is 0.478 e. The van der Waals surface area contributed by atoms with Crippen LogP contribution in [0.4, 0.5) is 0 Å². The fourth-order valence-electron chi connectivity index (χ4n) is 2.03. The van der Waals surface area contributed by atoms with Crippen LogP contribution in [0.2, 0.25) is 0 Å². The van der Waals surface area contributed by atoms with Crippen LogP contribution in [0.3, 0.4) is 0 Å². The Bertz CT molecular complexity index is 403. The zero-order chi connectivity index (χ0) is 12.1. The summed E-state index contributed by atoms with van der Waals surface area (Å²) in [7, 11) is 0. The van der Waals surface area contributed by atoms with Crippen molar-refractivity contribution >= 4 is 12.0 Å². The number of carboxylic acids is 1. The highest BCUT2D eigenvalue weighted by molar-refractivity contribution is 5.87. The maximum Gasteiger partial charge on any atom is 0.335 e. The van der Waals surface area contributed by atoms with Gasteiger partial charge in [0.2, 0.25) is 0 Å². The molecule has 3 heteroatoms. The van der Waals surface area contributed by atoms with E-state index >= 15 is 0 Å². The van der Waals surface area contributed by atoms with Crippen molar-refractivity contribution in [3.05, 3.63) is 41.5 Å². The lowest BCUT2D eigenvalue weighted by molar-refractivity contribution is 0.0697. The van der Waals surface area contributed by atoms with E-state index < -0.39 is 5.97 Å². The summed E-state index contributed by atoms with van der Waals surface area (Å²) in [6, 6.07) is 6.97. The van der Waals surface area contributed by atoms with Gasteiger partial charge in [-0.25, -0.2) is 4.79 Å². The Balaban J connectivity index is 1.98. The molecule has 1 unspecified atom stereocenters. The Morgan fingerprint density at radius 1 is 1.35 bits per heavy atom. The van der Waals surface area contributed by atoms with Gasteiger partial charge in [0.05, 0.1) is 5.56 Å². The molecule has 1 heterocycles. The summed E-state index contributed by atoms with van der Waals surface area (Å²) in [4.78, 5) is 10.7. The number of benzene rings is 1. The van der Waals surface area contributed by atoms with Crippen molar-refractivity contribution in [1.29, 1.82) is 0 Å². The molecule has 0 saturated carbocycles. The summed E-state index contributed by atoms with van der Waals surface area (Å²) in [5.74, 6) is -0.278. The molecule has 0 amide bonds. The zero-order valence-electron chi connectivity index (χ0n) is 9.73. The molecule has 2 N–H and O–H groups in total. The molecule has 90 valence electrons. The van der Waals surface area contributed by atoms with Crippen LogP contribution in [0.1, 0.15) is 28.8 Å². The predicted molar refractivity (Wildman–Crippen MR) is 68.0 cm³/mol. The molecule has 3 nitrogen and oxygen atoms in total. The fourth-order valence-corrected chi connectivity index (χ4v) is 2.03. The maximum atomic E-state index is 10.7. The third-order valence-corrected chi connectivity index (χ3v) is 3.05. The Labute approximate surface area is 101 Å². The highest BCUT2D eigenvalue weighted by atomic mass is 16.4. The molecule has 0 spiro atoms. The first-order chi connectivity index (χ1) is 8.25. The first-order valence-electron chi connectivity index (χ1n) is 5.98. The highest BCUT2D eigenvalue weighted by Gasteiger charge is 2.08. The molecule has 1 aromatic carbocycles. The number of aromatic carboxylic acids is 1. The second kappa shape index (κ2) is 5.64. The van der Waals surface area contributed by atoms with Crippen molar-refractivity contribution in [2.75, 3.05) is 13.1 Å². The lowest BCUT2D eigenvalue weighted by atomic mass is 9.98. The number of hydrogen-bond acceptors (Lipinski definition) is 2. The Hall–Kier alpha value is -1.61. The van der Waals surface area contributed by atoms with Crippen LogP contribution in [-0.4, -0.2) is 24.2 Å². The van der Waals surface area contributed by atoms with Gasteiger partial charge in [-0.3, -0.25) is 0 Å². The second-order valence-electron chi connectivity index (χ2n) is 4.39. The average Bonchev–Trinajstić information content (AvgIpc) is 2.38. The molecule has 0 aliphatic carbocycles. The Morgan fingerprint density at radius 3 is 2.71 bits per heavy atom. The molecule has 1 aliphatic rings. The SMILES string of the molecule is O=C(O)c1ccc(/C=C/C2CCCNC2)cc1. The van der Waals surface area contributed by atoms with E-state index in [2.05, 4.69) is 17.5 Å². The molecule has 0 bridgehead atoms. The van der Waals surface area contributed by atoms with Gasteiger partial charge in [0, 0.05) is 6.54 Å². The van der Waals surface area contributed by atoms with Gasteiger partial charge in [-0.05, 0) is 43.0 Å².